The van der Waals surface area contributed by atoms with E-state index in [0.29, 0.717) is 16.3 Å². The zero-order chi connectivity index (χ0) is 21.5. The largest absolute Gasteiger partial charge is 0.488 e. The Bertz CT molecular complexity index is 1060. The molecule has 4 rings (SSSR count). The smallest absolute Gasteiger partial charge is 0.275 e. The van der Waals surface area contributed by atoms with Crippen LogP contribution in [-0.4, -0.2) is 25.2 Å². The number of carbonyl (C=O) groups excluding carboxylic acids is 1. The van der Waals surface area contributed by atoms with Gasteiger partial charge in [0.1, 0.15) is 12.4 Å². The molecular weight excluding hydrogens is 410 g/mol. The summed E-state index contributed by atoms with van der Waals surface area (Å²) in [5.74, 6) is 0.143. The summed E-state index contributed by atoms with van der Waals surface area (Å²) in [6.45, 7) is 2.50. The van der Waals surface area contributed by atoms with E-state index in [4.69, 9.17) is 16.3 Å². The summed E-state index contributed by atoms with van der Waals surface area (Å²) >= 11 is 6.19. The third-order valence-electron chi connectivity index (χ3n) is 5.22. The van der Waals surface area contributed by atoms with E-state index < -0.39 is 0 Å². The van der Waals surface area contributed by atoms with Gasteiger partial charge in [-0.3, -0.25) is 4.79 Å². The van der Waals surface area contributed by atoms with Gasteiger partial charge in [0.15, 0.2) is 0 Å². The molecule has 31 heavy (non-hydrogen) atoms. The van der Waals surface area contributed by atoms with E-state index in [9.17, 15) is 4.79 Å². The molecule has 5 nitrogen and oxygen atoms in total. The van der Waals surface area contributed by atoms with Crippen LogP contribution in [0.2, 0.25) is 5.02 Å². The Morgan fingerprint density at radius 2 is 1.71 bits per heavy atom. The molecule has 0 spiro atoms. The van der Waals surface area contributed by atoms with Crippen LogP contribution in [0.5, 0.6) is 5.75 Å². The maximum absolute atomic E-state index is 12.6. The molecule has 6 heteroatoms. The second kappa shape index (κ2) is 10.1. The molecule has 158 valence electrons. The Kier molecular flexibility index (Phi) is 6.85. The minimum atomic E-state index is -0.334. The second-order valence-electron chi connectivity index (χ2n) is 7.36. The standard InChI is InChI=1S/C25H24ClN3O2/c26-23-9-3-1-7-20(23)18-31-24-10-4-2-8-22(24)25(30)28-27-17-19-11-13-21(14-12-19)29-15-5-6-16-29/h1-4,7-14,17H,5-6,15-16,18H2,(H,28,30)/b27-17+. The topological polar surface area (TPSA) is 53.9 Å². The number of hydrazone groups is 1. The highest BCUT2D eigenvalue weighted by atomic mass is 35.5. The van der Waals surface area contributed by atoms with Gasteiger partial charge in [0.05, 0.1) is 11.8 Å². The number of amides is 1. The number of benzene rings is 3. The zero-order valence-electron chi connectivity index (χ0n) is 17.1. The van der Waals surface area contributed by atoms with Crippen molar-refractivity contribution in [2.75, 3.05) is 18.0 Å². The number of carbonyl (C=O) groups is 1. The molecule has 3 aromatic carbocycles. The van der Waals surface area contributed by atoms with E-state index in [2.05, 4.69) is 27.6 Å². The zero-order valence-corrected chi connectivity index (χ0v) is 17.9. The van der Waals surface area contributed by atoms with Crippen molar-refractivity contribution in [3.05, 3.63) is 94.5 Å². The van der Waals surface area contributed by atoms with Crippen molar-refractivity contribution >= 4 is 29.4 Å². The molecule has 0 unspecified atom stereocenters. The number of ether oxygens (including phenoxy) is 1. The number of hydrogen-bond acceptors (Lipinski definition) is 4. The molecule has 0 aromatic heterocycles. The van der Waals surface area contributed by atoms with E-state index in [1.54, 1.807) is 24.4 Å². The van der Waals surface area contributed by atoms with Gasteiger partial charge in [-0.15, -0.1) is 0 Å². The summed E-state index contributed by atoms with van der Waals surface area (Å²) in [5.41, 5.74) is 6.00. The lowest BCUT2D eigenvalue weighted by Gasteiger charge is -2.17. The minimum absolute atomic E-state index is 0.274. The van der Waals surface area contributed by atoms with Crippen molar-refractivity contribution in [3.8, 4) is 5.75 Å². The fourth-order valence-corrected chi connectivity index (χ4v) is 3.71. The number of hydrogen-bond donors (Lipinski definition) is 1. The highest BCUT2D eigenvalue weighted by Crippen LogP contribution is 2.22. The number of nitrogens with one attached hydrogen (secondary N) is 1. The number of rotatable bonds is 7. The summed E-state index contributed by atoms with van der Waals surface area (Å²) < 4.78 is 5.85. The van der Waals surface area contributed by atoms with Crippen LogP contribution in [0, 0.1) is 0 Å². The van der Waals surface area contributed by atoms with Crippen molar-refractivity contribution in [2.45, 2.75) is 19.4 Å². The summed E-state index contributed by atoms with van der Waals surface area (Å²) in [7, 11) is 0. The first-order chi connectivity index (χ1) is 15.2. The molecule has 0 radical (unpaired) electrons. The van der Waals surface area contributed by atoms with Gasteiger partial charge in [-0.1, -0.05) is 54.1 Å². The average molecular weight is 434 g/mol. The fourth-order valence-electron chi connectivity index (χ4n) is 3.52. The van der Waals surface area contributed by atoms with E-state index >= 15 is 0 Å². The molecule has 0 saturated carbocycles. The normalized spacial score (nSPS) is 13.5. The molecule has 1 aliphatic heterocycles. The van der Waals surface area contributed by atoms with E-state index in [1.807, 2.05) is 42.5 Å². The third kappa shape index (κ3) is 5.44. The van der Waals surface area contributed by atoms with Crippen LogP contribution in [0.4, 0.5) is 5.69 Å². The lowest BCUT2D eigenvalue weighted by atomic mass is 10.2. The number of nitrogens with zero attached hydrogens (tertiary/aromatic N) is 2. The monoisotopic (exact) mass is 433 g/mol. The van der Waals surface area contributed by atoms with Gasteiger partial charge in [0.2, 0.25) is 0 Å². The maximum atomic E-state index is 12.6. The summed E-state index contributed by atoms with van der Waals surface area (Å²) in [5, 5.41) is 4.73. The first-order valence-electron chi connectivity index (χ1n) is 10.3. The van der Waals surface area contributed by atoms with Gasteiger partial charge in [0.25, 0.3) is 5.91 Å². The number of halogens is 1. The molecule has 3 aromatic rings. The Morgan fingerprint density at radius 3 is 2.48 bits per heavy atom. The van der Waals surface area contributed by atoms with Gasteiger partial charge in [-0.2, -0.15) is 5.10 Å². The van der Waals surface area contributed by atoms with Crippen LogP contribution in [0.3, 0.4) is 0 Å². The van der Waals surface area contributed by atoms with E-state index in [-0.39, 0.29) is 12.5 Å². The molecule has 0 atom stereocenters. The highest BCUT2D eigenvalue weighted by molar-refractivity contribution is 6.31. The summed E-state index contributed by atoms with van der Waals surface area (Å²) in [4.78, 5) is 15.0. The van der Waals surface area contributed by atoms with Crippen molar-refractivity contribution in [1.29, 1.82) is 0 Å². The summed E-state index contributed by atoms with van der Waals surface area (Å²) in [6, 6.07) is 22.7. The van der Waals surface area contributed by atoms with Crippen LogP contribution in [0.1, 0.15) is 34.3 Å². The van der Waals surface area contributed by atoms with Crippen LogP contribution >= 0.6 is 11.6 Å². The van der Waals surface area contributed by atoms with Gasteiger partial charge in [0, 0.05) is 29.4 Å². The molecular formula is C25H24ClN3O2. The van der Waals surface area contributed by atoms with E-state index in [0.717, 1.165) is 24.2 Å². The van der Waals surface area contributed by atoms with Crippen molar-refractivity contribution < 1.29 is 9.53 Å². The molecule has 1 aliphatic rings. The number of para-hydroxylation sites is 1. The minimum Gasteiger partial charge on any atom is -0.488 e. The van der Waals surface area contributed by atoms with Crippen molar-refractivity contribution in [1.82, 2.24) is 5.43 Å². The Hall–Kier alpha value is -3.31. The molecule has 1 fully saturated rings. The summed E-state index contributed by atoms with van der Waals surface area (Å²) in [6.07, 6.45) is 4.14. The van der Waals surface area contributed by atoms with Crippen LogP contribution < -0.4 is 15.1 Å². The van der Waals surface area contributed by atoms with Crippen molar-refractivity contribution in [2.24, 2.45) is 5.10 Å². The lowest BCUT2D eigenvalue weighted by Crippen LogP contribution is -2.19. The quantitative estimate of drug-likeness (QED) is 0.407. The number of anilines is 1. The Labute approximate surface area is 187 Å². The van der Waals surface area contributed by atoms with Gasteiger partial charge < -0.3 is 9.64 Å². The Morgan fingerprint density at radius 1 is 1.00 bits per heavy atom. The second-order valence-corrected chi connectivity index (χ2v) is 7.77. The Balaban J connectivity index is 1.36. The van der Waals surface area contributed by atoms with Crippen LogP contribution in [-0.2, 0) is 6.61 Å². The van der Waals surface area contributed by atoms with Crippen molar-refractivity contribution in [3.63, 3.8) is 0 Å². The predicted molar refractivity (Wildman–Crippen MR) is 125 cm³/mol. The molecule has 1 heterocycles. The SMILES string of the molecule is O=C(N/N=C/c1ccc(N2CCCC2)cc1)c1ccccc1OCc1ccccc1Cl. The molecule has 0 bridgehead atoms. The van der Waals surface area contributed by atoms with E-state index in [1.165, 1.54) is 18.5 Å². The van der Waals surface area contributed by atoms with Gasteiger partial charge in [-0.05, 0) is 48.7 Å². The van der Waals surface area contributed by atoms with Gasteiger partial charge >= 0.3 is 0 Å². The lowest BCUT2D eigenvalue weighted by molar-refractivity contribution is 0.0950. The third-order valence-corrected chi connectivity index (χ3v) is 5.59. The molecule has 1 N–H and O–H groups in total. The molecule has 1 amide bonds. The maximum Gasteiger partial charge on any atom is 0.275 e. The molecule has 1 saturated heterocycles. The van der Waals surface area contributed by atoms with Crippen LogP contribution in [0.25, 0.3) is 0 Å². The van der Waals surface area contributed by atoms with Crippen LogP contribution in [0.15, 0.2) is 77.9 Å². The first-order valence-corrected chi connectivity index (χ1v) is 10.7. The van der Waals surface area contributed by atoms with Gasteiger partial charge in [-0.25, -0.2) is 5.43 Å². The molecule has 0 aliphatic carbocycles. The predicted octanol–water partition coefficient (Wildman–Crippen LogP) is 5.28. The first kappa shape index (κ1) is 20.9. The highest BCUT2D eigenvalue weighted by Gasteiger charge is 2.13. The fraction of sp³-hybridized carbons (Fsp3) is 0.200. The average Bonchev–Trinajstić information content (AvgIpc) is 3.34.